The van der Waals surface area contributed by atoms with Crippen molar-refractivity contribution in [1.82, 2.24) is 30.1 Å². The van der Waals surface area contributed by atoms with Crippen LogP contribution in [-0.4, -0.2) is 43.9 Å². The quantitative estimate of drug-likeness (QED) is 0.929. The molecular weight excluding hydrogens is 308 g/mol. The molecule has 2 unspecified atom stereocenters. The lowest BCUT2D eigenvalue weighted by atomic mass is 9.98. The van der Waals surface area contributed by atoms with Gasteiger partial charge in [0.2, 0.25) is 5.89 Å². The molecule has 8 heteroatoms. The number of carbonyl (C=O) groups is 1. The lowest BCUT2D eigenvalue weighted by Gasteiger charge is -2.32. The lowest BCUT2D eigenvalue weighted by Crippen LogP contribution is -2.45. The number of piperidine rings is 1. The summed E-state index contributed by atoms with van der Waals surface area (Å²) in [5, 5.41) is 11.1. The third-order valence-corrected chi connectivity index (χ3v) is 4.68. The van der Waals surface area contributed by atoms with Crippen LogP contribution in [0.5, 0.6) is 0 Å². The molecule has 0 aliphatic carbocycles. The van der Waals surface area contributed by atoms with E-state index in [-0.39, 0.29) is 18.0 Å². The molecule has 1 saturated heterocycles. The number of likely N-dealkylation sites (tertiary alicyclic amines) is 1. The second-order valence-corrected chi connectivity index (χ2v) is 6.45. The van der Waals surface area contributed by atoms with E-state index in [0.717, 1.165) is 30.6 Å². The molecule has 24 heavy (non-hydrogen) atoms. The minimum atomic E-state index is -0.0859. The fourth-order valence-electron chi connectivity index (χ4n) is 3.14. The summed E-state index contributed by atoms with van der Waals surface area (Å²) in [6.07, 6.45) is 3.70. The van der Waals surface area contributed by atoms with E-state index in [1.165, 1.54) is 0 Å². The third kappa shape index (κ3) is 3.27. The van der Waals surface area contributed by atoms with E-state index in [0.29, 0.717) is 18.3 Å². The molecule has 2 aromatic heterocycles. The molecule has 3 rings (SSSR count). The lowest BCUT2D eigenvalue weighted by molar-refractivity contribution is 0.169. The van der Waals surface area contributed by atoms with Gasteiger partial charge in [-0.25, -0.2) is 4.79 Å². The summed E-state index contributed by atoms with van der Waals surface area (Å²) in [6, 6.07) is -0.149. The molecule has 1 aliphatic heterocycles. The highest BCUT2D eigenvalue weighted by Crippen LogP contribution is 2.26. The zero-order chi connectivity index (χ0) is 17.3. The van der Waals surface area contributed by atoms with Crippen molar-refractivity contribution in [1.29, 1.82) is 0 Å². The molecule has 0 spiro atoms. The predicted octanol–water partition coefficient (Wildman–Crippen LogP) is 2.07. The Morgan fingerprint density at radius 1 is 1.46 bits per heavy atom. The van der Waals surface area contributed by atoms with Crippen molar-refractivity contribution < 1.29 is 9.32 Å². The Kier molecular flexibility index (Phi) is 4.55. The summed E-state index contributed by atoms with van der Waals surface area (Å²) < 4.78 is 7.08. The highest BCUT2D eigenvalue weighted by Gasteiger charge is 2.29. The number of nitrogens with zero attached hydrogens (tertiary/aromatic N) is 5. The first-order valence-electron chi connectivity index (χ1n) is 8.30. The zero-order valence-electron chi connectivity index (χ0n) is 14.6. The number of urea groups is 1. The Morgan fingerprint density at radius 2 is 2.25 bits per heavy atom. The molecule has 3 heterocycles. The first-order valence-corrected chi connectivity index (χ1v) is 8.30. The van der Waals surface area contributed by atoms with E-state index in [9.17, 15) is 4.79 Å². The molecule has 0 bridgehead atoms. The highest BCUT2D eigenvalue weighted by atomic mass is 16.5. The number of carbonyl (C=O) groups excluding carboxylic acids is 1. The maximum Gasteiger partial charge on any atom is 0.317 e. The number of rotatable bonds is 3. The number of aromatic nitrogens is 4. The van der Waals surface area contributed by atoms with Crippen molar-refractivity contribution in [2.45, 2.75) is 45.6 Å². The summed E-state index contributed by atoms with van der Waals surface area (Å²) in [7, 11) is 1.90. The molecule has 1 fully saturated rings. The average molecular weight is 332 g/mol. The van der Waals surface area contributed by atoms with E-state index < -0.39 is 0 Å². The first kappa shape index (κ1) is 16.5. The molecule has 2 atom stereocenters. The van der Waals surface area contributed by atoms with Gasteiger partial charge in [-0.2, -0.15) is 10.1 Å². The Labute approximate surface area is 141 Å². The molecule has 130 valence electrons. The smallest absolute Gasteiger partial charge is 0.317 e. The van der Waals surface area contributed by atoms with E-state index >= 15 is 0 Å². The van der Waals surface area contributed by atoms with Gasteiger partial charge in [0.15, 0.2) is 5.82 Å². The monoisotopic (exact) mass is 332 g/mol. The van der Waals surface area contributed by atoms with Gasteiger partial charge in [-0.05, 0) is 33.6 Å². The van der Waals surface area contributed by atoms with E-state index in [2.05, 4.69) is 20.6 Å². The van der Waals surface area contributed by atoms with Crippen LogP contribution in [0, 0.1) is 13.8 Å². The van der Waals surface area contributed by atoms with Gasteiger partial charge in [-0.15, -0.1) is 0 Å². The number of hydrogen-bond acceptors (Lipinski definition) is 5. The Hall–Kier alpha value is -2.38. The molecule has 8 nitrogen and oxygen atoms in total. The predicted molar refractivity (Wildman–Crippen MR) is 87.5 cm³/mol. The van der Waals surface area contributed by atoms with Crippen LogP contribution in [0.25, 0.3) is 0 Å². The summed E-state index contributed by atoms with van der Waals surface area (Å²) in [4.78, 5) is 18.7. The SMILES string of the molecule is Cc1noc(C2CCCN(C(=O)NC(C)c3cnn(C)c3C)C2)n1. The zero-order valence-corrected chi connectivity index (χ0v) is 14.6. The van der Waals surface area contributed by atoms with Crippen molar-refractivity contribution in [3.8, 4) is 0 Å². The van der Waals surface area contributed by atoms with Crippen LogP contribution in [0.2, 0.25) is 0 Å². The van der Waals surface area contributed by atoms with Crippen molar-refractivity contribution >= 4 is 6.03 Å². The number of aryl methyl sites for hydroxylation is 2. The van der Waals surface area contributed by atoms with Crippen LogP contribution in [0.3, 0.4) is 0 Å². The minimum absolute atomic E-state index is 0.0632. The van der Waals surface area contributed by atoms with Gasteiger partial charge in [-0.1, -0.05) is 5.16 Å². The van der Waals surface area contributed by atoms with E-state index in [4.69, 9.17) is 4.52 Å². The maximum atomic E-state index is 12.6. The van der Waals surface area contributed by atoms with Crippen molar-refractivity contribution in [3.63, 3.8) is 0 Å². The molecule has 2 aromatic rings. The highest BCUT2D eigenvalue weighted by molar-refractivity contribution is 5.75. The van der Waals surface area contributed by atoms with Gasteiger partial charge < -0.3 is 14.7 Å². The van der Waals surface area contributed by atoms with Crippen LogP contribution in [0.1, 0.15) is 54.7 Å². The first-order chi connectivity index (χ1) is 11.5. The summed E-state index contributed by atoms with van der Waals surface area (Å²) in [5.41, 5.74) is 2.09. The van der Waals surface area contributed by atoms with Gasteiger partial charge in [0.25, 0.3) is 0 Å². The molecule has 0 radical (unpaired) electrons. The standard InChI is InChI=1S/C16H24N6O2/c1-10(14-8-17-21(4)11(14)2)18-16(23)22-7-5-6-13(9-22)15-19-12(3)20-24-15/h8,10,13H,5-7,9H2,1-4H3,(H,18,23). The van der Waals surface area contributed by atoms with Gasteiger partial charge in [-0.3, -0.25) is 4.68 Å². The fourth-order valence-corrected chi connectivity index (χ4v) is 3.14. The van der Waals surface area contributed by atoms with Crippen LogP contribution in [0.4, 0.5) is 4.79 Å². The van der Waals surface area contributed by atoms with Gasteiger partial charge in [0.1, 0.15) is 0 Å². The van der Waals surface area contributed by atoms with Crippen molar-refractivity contribution in [2.75, 3.05) is 13.1 Å². The molecule has 0 saturated carbocycles. The molecule has 2 amide bonds. The third-order valence-electron chi connectivity index (χ3n) is 4.68. The second-order valence-electron chi connectivity index (χ2n) is 6.45. The average Bonchev–Trinajstić information content (AvgIpc) is 3.14. The normalized spacial score (nSPS) is 19.3. The van der Waals surface area contributed by atoms with Gasteiger partial charge >= 0.3 is 6.03 Å². The fraction of sp³-hybridized carbons (Fsp3) is 0.625. The molecule has 1 aliphatic rings. The van der Waals surface area contributed by atoms with Crippen LogP contribution < -0.4 is 5.32 Å². The largest absolute Gasteiger partial charge is 0.339 e. The molecule has 0 aromatic carbocycles. The van der Waals surface area contributed by atoms with Crippen LogP contribution in [-0.2, 0) is 7.05 Å². The maximum absolute atomic E-state index is 12.6. The number of nitrogens with one attached hydrogen (secondary N) is 1. The van der Waals surface area contributed by atoms with Crippen molar-refractivity contribution in [2.24, 2.45) is 7.05 Å². The van der Waals surface area contributed by atoms with E-state index in [1.807, 2.05) is 30.5 Å². The van der Waals surface area contributed by atoms with Crippen LogP contribution in [0.15, 0.2) is 10.7 Å². The van der Waals surface area contributed by atoms with E-state index in [1.54, 1.807) is 13.1 Å². The Bertz CT molecular complexity index is 722. The van der Waals surface area contributed by atoms with Gasteiger partial charge in [0.05, 0.1) is 18.2 Å². The second kappa shape index (κ2) is 6.62. The van der Waals surface area contributed by atoms with Crippen molar-refractivity contribution in [3.05, 3.63) is 29.2 Å². The Balaban J connectivity index is 1.63. The Morgan fingerprint density at radius 3 is 2.88 bits per heavy atom. The minimum Gasteiger partial charge on any atom is -0.339 e. The molecular formula is C16H24N6O2. The summed E-state index contributed by atoms with van der Waals surface area (Å²) >= 11 is 0. The topological polar surface area (TPSA) is 89.1 Å². The number of amides is 2. The van der Waals surface area contributed by atoms with Gasteiger partial charge in [0, 0.05) is 31.4 Å². The molecule has 1 N–H and O–H groups in total. The summed E-state index contributed by atoms with van der Waals surface area (Å²) in [6.45, 7) is 7.13. The summed E-state index contributed by atoms with van der Waals surface area (Å²) in [5.74, 6) is 1.37. The van der Waals surface area contributed by atoms with Crippen LogP contribution >= 0.6 is 0 Å². The number of hydrogen-bond donors (Lipinski definition) is 1.